The summed E-state index contributed by atoms with van der Waals surface area (Å²) in [6.07, 6.45) is 0.0709. The summed E-state index contributed by atoms with van der Waals surface area (Å²) in [6, 6.07) is 16.2. The van der Waals surface area contributed by atoms with Gasteiger partial charge in [0.15, 0.2) is 5.78 Å². The molecule has 1 heterocycles. The molecule has 0 unspecified atom stereocenters. The summed E-state index contributed by atoms with van der Waals surface area (Å²) in [7, 11) is 0. The Kier molecular flexibility index (Phi) is 3.79. The maximum Gasteiger partial charge on any atom is 0.234 e. The van der Waals surface area contributed by atoms with Crippen LogP contribution in [0.3, 0.4) is 0 Å². The number of nitrogens with zero attached hydrogens (tertiary/aromatic N) is 2. The van der Waals surface area contributed by atoms with Crippen molar-refractivity contribution in [2.75, 3.05) is 0 Å². The molecule has 0 spiro atoms. The lowest BCUT2D eigenvalue weighted by atomic mass is 10.1. The smallest absolute Gasteiger partial charge is 0.234 e. The molecule has 104 valence electrons. The number of hydrogen-bond acceptors (Lipinski definition) is 4. The van der Waals surface area contributed by atoms with Gasteiger partial charge < -0.3 is 4.52 Å². The van der Waals surface area contributed by atoms with E-state index in [2.05, 4.69) is 10.1 Å². The average Bonchev–Trinajstić information content (AvgIpc) is 2.97. The SMILES string of the molecule is O=C(Cc1nc(-c2ccccc2Cl)no1)c1ccccc1. The standard InChI is InChI=1S/C16H11ClN2O2/c17-13-9-5-4-8-12(13)16-18-15(21-19-16)10-14(20)11-6-2-1-3-7-11/h1-9H,10H2. The summed E-state index contributed by atoms with van der Waals surface area (Å²) in [5.74, 6) is 0.597. The Morgan fingerprint density at radius 3 is 2.52 bits per heavy atom. The highest BCUT2D eigenvalue weighted by atomic mass is 35.5. The van der Waals surface area contributed by atoms with Crippen LogP contribution in [0.5, 0.6) is 0 Å². The normalized spacial score (nSPS) is 10.5. The first-order valence-corrected chi connectivity index (χ1v) is 6.77. The van der Waals surface area contributed by atoms with Gasteiger partial charge in [0.05, 0.1) is 11.4 Å². The maximum atomic E-state index is 12.1. The van der Waals surface area contributed by atoms with E-state index >= 15 is 0 Å². The molecule has 0 saturated heterocycles. The highest BCUT2D eigenvalue weighted by Gasteiger charge is 2.15. The summed E-state index contributed by atoms with van der Waals surface area (Å²) < 4.78 is 5.13. The highest BCUT2D eigenvalue weighted by Crippen LogP contribution is 2.25. The molecule has 0 aliphatic rings. The van der Waals surface area contributed by atoms with E-state index in [1.807, 2.05) is 30.3 Å². The molecule has 0 amide bonds. The van der Waals surface area contributed by atoms with E-state index in [0.717, 1.165) is 0 Å². The molecule has 0 N–H and O–H groups in total. The highest BCUT2D eigenvalue weighted by molar-refractivity contribution is 6.33. The molecule has 5 heteroatoms. The molecule has 0 bridgehead atoms. The number of Topliss-reactive ketones (excluding diaryl/α,β-unsaturated/α-hetero) is 1. The topological polar surface area (TPSA) is 56.0 Å². The number of benzene rings is 2. The largest absolute Gasteiger partial charge is 0.338 e. The number of rotatable bonds is 4. The van der Waals surface area contributed by atoms with Gasteiger partial charge in [-0.2, -0.15) is 4.98 Å². The van der Waals surface area contributed by atoms with Crippen LogP contribution in [0.25, 0.3) is 11.4 Å². The first-order valence-electron chi connectivity index (χ1n) is 6.40. The van der Waals surface area contributed by atoms with Gasteiger partial charge in [-0.15, -0.1) is 0 Å². The minimum atomic E-state index is -0.0649. The molecule has 4 nitrogen and oxygen atoms in total. The van der Waals surface area contributed by atoms with Crippen molar-refractivity contribution in [3.63, 3.8) is 0 Å². The van der Waals surface area contributed by atoms with Crippen LogP contribution in [-0.4, -0.2) is 15.9 Å². The molecule has 3 rings (SSSR count). The van der Waals surface area contributed by atoms with Gasteiger partial charge in [-0.3, -0.25) is 4.79 Å². The zero-order valence-electron chi connectivity index (χ0n) is 11.0. The van der Waals surface area contributed by atoms with Crippen LogP contribution < -0.4 is 0 Å². The van der Waals surface area contributed by atoms with Crippen LogP contribution in [0.1, 0.15) is 16.2 Å². The van der Waals surface area contributed by atoms with Crippen molar-refractivity contribution in [3.05, 3.63) is 71.1 Å². The van der Waals surface area contributed by atoms with Crippen LogP contribution in [0.15, 0.2) is 59.1 Å². The van der Waals surface area contributed by atoms with E-state index in [-0.39, 0.29) is 18.1 Å². The predicted octanol–water partition coefficient (Wildman–Crippen LogP) is 3.82. The number of hydrogen-bond donors (Lipinski definition) is 0. The van der Waals surface area contributed by atoms with Crippen molar-refractivity contribution in [1.82, 2.24) is 10.1 Å². The average molecular weight is 299 g/mol. The third-order valence-corrected chi connectivity index (χ3v) is 3.32. The fourth-order valence-electron chi connectivity index (χ4n) is 1.94. The zero-order valence-corrected chi connectivity index (χ0v) is 11.7. The van der Waals surface area contributed by atoms with Crippen molar-refractivity contribution in [3.8, 4) is 11.4 Å². The van der Waals surface area contributed by atoms with Crippen LogP contribution in [0.2, 0.25) is 5.02 Å². The Bertz CT molecular complexity index is 769. The van der Waals surface area contributed by atoms with E-state index in [1.165, 1.54) is 0 Å². The van der Waals surface area contributed by atoms with E-state index < -0.39 is 0 Å². The lowest BCUT2D eigenvalue weighted by Gasteiger charge is -1.97. The zero-order chi connectivity index (χ0) is 14.7. The molecule has 0 saturated carbocycles. The third-order valence-electron chi connectivity index (χ3n) is 2.99. The second-order valence-electron chi connectivity index (χ2n) is 4.46. The van der Waals surface area contributed by atoms with Gasteiger partial charge in [-0.1, -0.05) is 59.2 Å². The second-order valence-corrected chi connectivity index (χ2v) is 4.86. The minimum absolute atomic E-state index is 0.0649. The van der Waals surface area contributed by atoms with Crippen molar-refractivity contribution in [2.24, 2.45) is 0 Å². The van der Waals surface area contributed by atoms with E-state index in [0.29, 0.717) is 22.0 Å². The Balaban J connectivity index is 1.80. The molecule has 0 atom stereocenters. The second kappa shape index (κ2) is 5.89. The summed E-state index contributed by atoms with van der Waals surface area (Å²) in [4.78, 5) is 16.3. The molecular formula is C16H11ClN2O2. The van der Waals surface area contributed by atoms with Gasteiger partial charge in [0, 0.05) is 11.1 Å². The summed E-state index contributed by atoms with van der Waals surface area (Å²) >= 11 is 6.08. The van der Waals surface area contributed by atoms with Crippen LogP contribution in [-0.2, 0) is 6.42 Å². The van der Waals surface area contributed by atoms with Gasteiger partial charge in [0.2, 0.25) is 11.7 Å². The summed E-state index contributed by atoms with van der Waals surface area (Å²) in [6.45, 7) is 0. The summed E-state index contributed by atoms with van der Waals surface area (Å²) in [5.41, 5.74) is 1.30. The lowest BCUT2D eigenvalue weighted by Crippen LogP contribution is -2.03. The number of halogens is 1. The quantitative estimate of drug-likeness (QED) is 0.687. The first kappa shape index (κ1) is 13.5. The molecule has 0 aliphatic carbocycles. The molecule has 0 aliphatic heterocycles. The predicted molar refractivity (Wildman–Crippen MR) is 79.2 cm³/mol. The molecule has 2 aromatic carbocycles. The van der Waals surface area contributed by atoms with Crippen molar-refractivity contribution < 1.29 is 9.32 Å². The van der Waals surface area contributed by atoms with E-state index in [4.69, 9.17) is 16.1 Å². The van der Waals surface area contributed by atoms with Crippen molar-refractivity contribution in [1.29, 1.82) is 0 Å². The Morgan fingerprint density at radius 1 is 1.05 bits per heavy atom. The molecular weight excluding hydrogens is 288 g/mol. The van der Waals surface area contributed by atoms with Gasteiger partial charge in [0.25, 0.3) is 0 Å². The number of carbonyl (C=O) groups excluding carboxylic acids is 1. The minimum Gasteiger partial charge on any atom is -0.338 e. The Hall–Kier alpha value is -2.46. The Labute approximate surface area is 126 Å². The molecule has 0 radical (unpaired) electrons. The molecule has 1 aromatic heterocycles. The molecule has 0 fully saturated rings. The lowest BCUT2D eigenvalue weighted by molar-refractivity contribution is 0.0983. The van der Waals surface area contributed by atoms with Gasteiger partial charge >= 0.3 is 0 Å². The van der Waals surface area contributed by atoms with Crippen molar-refractivity contribution in [2.45, 2.75) is 6.42 Å². The van der Waals surface area contributed by atoms with Gasteiger partial charge in [0.1, 0.15) is 0 Å². The van der Waals surface area contributed by atoms with Gasteiger partial charge in [-0.05, 0) is 12.1 Å². The van der Waals surface area contributed by atoms with E-state index in [1.54, 1.807) is 24.3 Å². The van der Waals surface area contributed by atoms with Crippen molar-refractivity contribution >= 4 is 17.4 Å². The Morgan fingerprint density at radius 2 is 1.76 bits per heavy atom. The number of ketones is 1. The fourth-order valence-corrected chi connectivity index (χ4v) is 2.16. The summed E-state index contributed by atoms with van der Waals surface area (Å²) in [5, 5.41) is 4.41. The number of aromatic nitrogens is 2. The third kappa shape index (κ3) is 3.01. The monoisotopic (exact) mass is 298 g/mol. The van der Waals surface area contributed by atoms with Gasteiger partial charge in [-0.25, -0.2) is 0 Å². The van der Waals surface area contributed by atoms with Crippen LogP contribution >= 0.6 is 11.6 Å². The fraction of sp³-hybridized carbons (Fsp3) is 0.0625. The maximum absolute atomic E-state index is 12.1. The molecule has 3 aromatic rings. The van der Waals surface area contributed by atoms with Crippen LogP contribution in [0, 0.1) is 0 Å². The first-order chi connectivity index (χ1) is 10.2. The van der Waals surface area contributed by atoms with E-state index in [9.17, 15) is 4.79 Å². The molecule has 21 heavy (non-hydrogen) atoms. The number of carbonyl (C=O) groups is 1. The van der Waals surface area contributed by atoms with Crippen LogP contribution in [0.4, 0.5) is 0 Å².